The molecular formula is C76H135N11O17. The fraction of sp³-hybridized carbons (Fsp3) is 0.842. The number of carbonyl (C=O) groups excluding carboxylic acids is 12. The lowest BCUT2D eigenvalue weighted by atomic mass is 9.85. The van der Waals surface area contributed by atoms with Crippen LogP contribution in [0, 0.1) is 47.3 Å². The number of nitrogens with zero attached hydrogens (tertiary/aromatic N) is 8. The lowest BCUT2D eigenvalue weighted by Crippen LogP contribution is -2.63. The number of hydrogen-bond donors (Lipinski definition) is 4. The number of carbonyl (C=O) groups is 12. The molecule has 3 aliphatic heterocycles. The van der Waals surface area contributed by atoms with Gasteiger partial charge in [-0.05, 0) is 114 Å². The van der Waals surface area contributed by atoms with Crippen molar-refractivity contribution in [3.8, 4) is 0 Å². The van der Waals surface area contributed by atoms with Crippen molar-refractivity contribution in [3.63, 3.8) is 0 Å². The van der Waals surface area contributed by atoms with E-state index in [9.17, 15) is 29.1 Å². The highest BCUT2D eigenvalue weighted by molar-refractivity contribution is 6.00. The zero-order valence-electron chi connectivity index (χ0n) is 67.3. The van der Waals surface area contributed by atoms with E-state index in [2.05, 4.69) is 20.9 Å². The molecule has 4 N–H and O–H groups in total. The van der Waals surface area contributed by atoms with E-state index in [1.54, 1.807) is 60.3 Å². The molecule has 3 fully saturated rings. The Labute approximate surface area is 621 Å². The summed E-state index contributed by atoms with van der Waals surface area (Å²) in [6, 6.07) is -11.6. The molecular weight excluding hydrogens is 1340 g/mol. The number of rotatable bonds is 24. The van der Waals surface area contributed by atoms with Crippen LogP contribution in [0.15, 0.2) is 0 Å². The Morgan fingerprint density at radius 3 is 1.56 bits per heavy atom. The molecule has 28 nitrogen and oxygen atoms in total. The molecule has 3 saturated heterocycles. The van der Waals surface area contributed by atoms with E-state index >= 15 is 33.6 Å². The first-order valence-electron chi connectivity index (χ1n) is 38.4. The van der Waals surface area contributed by atoms with Crippen LogP contribution in [-0.2, 0) is 71.7 Å². The number of hydrogen-bond acceptors (Lipinski definition) is 18. The van der Waals surface area contributed by atoms with Crippen molar-refractivity contribution >= 4 is 70.8 Å². The first-order chi connectivity index (χ1) is 48.7. The maximum atomic E-state index is 15.3. The molecule has 0 aromatic heterocycles. The smallest absolute Gasteiger partial charge is 0.409 e. The fourth-order valence-electron chi connectivity index (χ4n) is 14.0. The summed E-state index contributed by atoms with van der Waals surface area (Å²) in [5, 5.41) is 20.7. The van der Waals surface area contributed by atoms with Gasteiger partial charge in [-0.15, -0.1) is 0 Å². The van der Waals surface area contributed by atoms with Gasteiger partial charge in [-0.3, -0.25) is 57.6 Å². The molecule has 596 valence electrons. The average molecular weight is 1470 g/mol. The SMILES string of the molecule is CC[C@@H]1NC(=O)[C@H]([C@H](O)[C@H](C)CCCCCOC(=O)N2CCOCC2)NC(=O)[C@H](C(C)C)N(C)C(=O)[C@H](CC(C)C)N(C)C(=O)[C@H](CC(C)C)N(C)C(=O)[C@@H](C)NC(=O)[C@H](C)CC(=O)[C@H](CC(C)C)N(C)C(=O)[C@H](C(C)C)CC(=O)[C@H]([C@@H](C)OCCCCN2CCOCC2)N(C)C(=O)[C@@H](C)N(C)C1=O. The number of likely N-dealkylation sites (N-methyl/N-ethyl adjacent to an activating group) is 6. The van der Waals surface area contributed by atoms with Crippen molar-refractivity contribution in [2.45, 2.75) is 254 Å². The molecule has 0 bridgehead atoms. The van der Waals surface area contributed by atoms with Crippen LogP contribution in [-0.4, -0.2) is 296 Å². The van der Waals surface area contributed by atoms with E-state index in [1.807, 2.05) is 41.5 Å². The molecule has 10 amide bonds. The molecule has 0 aromatic rings. The number of aliphatic hydroxyl groups is 1. The largest absolute Gasteiger partial charge is 0.449 e. The van der Waals surface area contributed by atoms with Gasteiger partial charge in [-0.2, -0.15) is 0 Å². The minimum Gasteiger partial charge on any atom is -0.449 e. The molecule has 0 spiro atoms. The average Bonchev–Trinajstić information content (AvgIpc) is 0.814. The minimum absolute atomic E-state index is 0.0291. The van der Waals surface area contributed by atoms with E-state index in [-0.39, 0.29) is 69.5 Å². The van der Waals surface area contributed by atoms with Crippen LogP contribution in [0.2, 0.25) is 0 Å². The van der Waals surface area contributed by atoms with Crippen LogP contribution >= 0.6 is 0 Å². The summed E-state index contributed by atoms with van der Waals surface area (Å²) in [6.45, 7) is 33.6. The van der Waals surface area contributed by atoms with Crippen LogP contribution in [0.5, 0.6) is 0 Å². The predicted molar refractivity (Wildman–Crippen MR) is 396 cm³/mol. The summed E-state index contributed by atoms with van der Waals surface area (Å²) in [5.74, 6) is -11.4. The highest BCUT2D eigenvalue weighted by Gasteiger charge is 2.45. The Morgan fingerprint density at radius 1 is 0.510 bits per heavy atom. The van der Waals surface area contributed by atoms with Crippen LogP contribution in [0.4, 0.5) is 4.79 Å². The Morgan fingerprint density at radius 2 is 1.02 bits per heavy atom. The minimum atomic E-state index is -1.74. The third-order valence-electron chi connectivity index (χ3n) is 20.9. The zero-order chi connectivity index (χ0) is 78.7. The number of Topliss-reactive ketones (excluding diaryl/α,β-unsaturated/α-hetero) is 2. The third-order valence-corrected chi connectivity index (χ3v) is 20.9. The van der Waals surface area contributed by atoms with Crippen molar-refractivity contribution in [2.24, 2.45) is 47.3 Å². The number of ketones is 2. The normalized spacial score (nSPS) is 27.0. The van der Waals surface area contributed by atoms with Crippen molar-refractivity contribution in [3.05, 3.63) is 0 Å². The van der Waals surface area contributed by atoms with E-state index in [1.165, 1.54) is 80.6 Å². The Bertz CT molecular complexity index is 2800. The van der Waals surface area contributed by atoms with E-state index in [0.29, 0.717) is 71.6 Å². The van der Waals surface area contributed by atoms with E-state index in [4.69, 9.17) is 18.9 Å². The summed E-state index contributed by atoms with van der Waals surface area (Å²) in [6.07, 6.45) is 0.148. The molecule has 0 aliphatic carbocycles. The van der Waals surface area contributed by atoms with Gasteiger partial charge < -0.3 is 74.3 Å². The molecule has 3 heterocycles. The van der Waals surface area contributed by atoms with E-state index < -0.39 is 167 Å². The first kappa shape index (κ1) is 91.8. The lowest BCUT2D eigenvalue weighted by Gasteiger charge is -2.40. The summed E-state index contributed by atoms with van der Waals surface area (Å²) in [5.41, 5.74) is 0. The topological polar surface area (TPSA) is 324 Å². The maximum absolute atomic E-state index is 15.3. The number of nitrogens with one attached hydrogen (secondary N) is 3. The molecule has 0 saturated carbocycles. The summed E-state index contributed by atoms with van der Waals surface area (Å²) < 4.78 is 22.8. The second-order valence-corrected chi connectivity index (χ2v) is 31.5. The standard InChI is InChI=1S/C76H135N11O17/c1-23-57-73(97)80(17)54(15)71(95)85(22)65(55(16)103-35-28-26-30-86-31-37-101-38-32-86)62(89)45-56(49(8)9)72(96)81(18)58(41-46(2)3)61(88)44-52(13)67(91)77-53(14)70(94)82(19)59(42-47(4)5)74(98)83(20)60(43-48(6)7)75(99)84(21)64(50(10)11)69(93)79-63(68(92)78-57)66(90)51(12)29-25-24-27-36-104-76(100)87-33-39-102-40-34-87/h46-60,63-66,90H,23-45H2,1-22H3,(H,77,91)(H,78,92)(H,79,93)/t51-,52-,53-,54-,55-,56+,57+,58+,59+,60+,63+,64+,65+,66-/m1/s1. The molecule has 28 heteroatoms. The number of ether oxygens (including phenoxy) is 4. The summed E-state index contributed by atoms with van der Waals surface area (Å²) in [7, 11) is 8.66. The summed E-state index contributed by atoms with van der Waals surface area (Å²) >= 11 is 0. The quantitative estimate of drug-likeness (QED) is 0.0921. The summed E-state index contributed by atoms with van der Waals surface area (Å²) in [4.78, 5) is 188. The van der Waals surface area contributed by atoms with Gasteiger partial charge in [0.05, 0.1) is 51.3 Å². The van der Waals surface area contributed by atoms with Gasteiger partial charge in [0.25, 0.3) is 0 Å². The maximum Gasteiger partial charge on any atom is 0.409 e. The number of amides is 10. The Kier molecular flexibility index (Phi) is 39.5. The predicted octanol–water partition coefficient (Wildman–Crippen LogP) is 5.03. The van der Waals surface area contributed by atoms with Crippen LogP contribution in [0.25, 0.3) is 0 Å². The monoisotopic (exact) mass is 1470 g/mol. The Balaban J connectivity index is 2.26. The van der Waals surface area contributed by atoms with Gasteiger partial charge in [-0.25, -0.2) is 4.79 Å². The highest BCUT2D eigenvalue weighted by Crippen LogP contribution is 2.28. The fourth-order valence-corrected chi connectivity index (χ4v) is 14.0. The van der Waals surface area contributed by atoms with Crippen LogP contribution < -0.4 is 16.0 Å². The highest BCUT2D eigenvalue weighted by atomic mass is 16.6. The lowest BCUT2D eigenvalue weighted by molar-refractivity contribution is -0.154. The van der Waals surface area contributed by atoms with Gasteiger partial charge in [-0.1, -0.05) is 103 Å². The van der Waals surface area contributed by atoms with Gasteiger partial charge in [0, 0.05) is 99.7 Å². The molecule has 0 aromatic carbocycles. The number of aliphatic hydroxyl groups excluding tert-OH is 1. The van der Waals surface area contributed by atoms with Crippen LogP contribution in [0.3, 0.4) is 0 Å². The van der Waals surface area contributed by atoms with Gasteiger partial charge in [0.2, 0.25) is 53.2 Å². The van der Waals surface area contributed by atoms with E-state index in [0.717, 1.165) is 31.0 Å². The van der Waals surface area contributed by atoms with Gasteiger partial charge in [0.1, 0.15) is 48.3 Å². The molecule has 3 aliphatic rings. The van der Waals surface area contributed by atoms with Crippen molar-refractivity contribution in [1.29, 1.82) is 0 Å². The molecule has 14 atom stereocenters. The number of unbranched alkanes of at least 4 members (excludes halogenated alkanes) is 3. The van der Waals surface area contributed by atoms with Crippen molar-refractivity contribution < 1.29 is 81.6 Å². The first-order valence-corrected chi connectivity index (χ1v) is 38.4. The second-order valence-electron chi connectivity index (χ2n) is 31.5. The van der Waals surface area contributed by atoms with Gasteiger partial charge in [0.15, 0.2) is 11.6 Å². The third kappa shape index (κ3) is 27.5. The number of morpholine rings is 2. The zero-order valence-corrected chi connectivity index (χ0v) is 67.3. The molecule has 0 unspecified atom stereocenters. The molecule has 0 radical (unpaired) electrons. The van der Waals surface area contributed by atoms with Crippen molar-refractivity contribution in [2.75, 3.05) is 115 Å². The molecule has 104 heavy (non-hydrogen) atoms. The van der Waals surface area contributed by atoms with Gasteiger partial charge >= 0.3 is 6.09 Å². The van der Waals surface area contributed by atoms with Crippen LogP contribution in [0.1, 0.15) is 188 Å². The van der Waals surface area contributed by atoms with Crippen molar-refractivity contribution in [1.82, 2.24) is 55.1 Å². The molecule has 3 rings (SSSR count). The second kappa shape index (κ2) is 44.7. The Hall–Kier alpha value is -6.36.